The van der Waals surface area contributed by atoms with Crippen molar-refractivity contribution >= 4 is 5.69 Å². The van der Waals surface area contributed by atoms with E-state index in [9.17, 15) is 0 Å². The van der Waals surface area contributed by atoms with Crippen LogP contribution in [0.2, 0.25) is 0 Å². The maximum atomic E-state index is 5.76. The zero-order valence-corrected chi connectivity index (χ0v) is 11.6. The molecule has 0 bridgehead atoms. The van der Waals surface area contributed by atoms with Gasteiger partial charge in [0.25, 0.3) is 0 Å². The maximum Gasteiger partial charge on any atom is 0.240 e. The third-order valence-corrected chi connectivity index (χ3v) is 2.22. The molecule has 108 valence electrons. The van der Waals surface area contributed by atoms with Crippen molar-refractivity contribution in [2.24, 2.45) is 0 Å². The average molecular weight is 270 g/mol. The van der Waals surface area contributed by atoms with Crippen LogP contribution in [0.25, 0.3) is 0 Å². The Morgan fingerprint density at radius 2 is 1.84 bits per heavy atom. The minimum absolute atomic E-state index is 0.416. The fourth-order valence-corrected chi connectivity index (χ4v) is 1.28. The predicted molar refractivity (Wildman–Crippen MR) is 72.6 cm³/mol. The molecule has 0 radical (unpaired) electrons. The summed E-state index contributed by atoms with van der Waals surface area (Å²) >= 11 is 0. The number of nitrogen functional groups attached to an aromatic ring is 1. The van der Waals surface area contributed by atoms with E-state index < -0.39 is 0 Å². The molecule has 0 saturated heterocycles. The lowest BCUT2D eigenvalue weighted by Crippen LogP contribution is -2.11. The zero-order chi connectivity index (χ0) is 13.9. The second-order valence-electron chi connectivity index (χ2n) is 3.85. The number of nitrogens with two attached hydrogens (primary N) is 1. The van der Waals surface area contributed by atoms with Crippen molar-refractivity contribution in [2.45, 2.75) is 13.3 Å². The lowest BCUT2D eigenvalue weighted by atomic mass is 10.4. The van der Waals surface area contributed by atoms with Crippen LogP contribution in [-0.2, 0) is 9.47 Å². The molecule has 19 heavy (non-hydrogen) atoms. The molecule has 0 aliphatic heterocycles. The fraction of sp³-hybridized carbons (Fsp3) is 0.615. The van der Waals surface area contributed by atoms with Gasteiger partial charge in [0.1, 0.15) is 6.61 Å². The number of anilines is 1. The molecule has 6 nitrogen and oxygen atoms in total. The van der Waals surface area contributed by atoms with Gasteiger partial charge < -0.3 is 24.7 Å². The minimum atomic E-state index is 0.416. The van der Waals surface area contributed by atoms with Gasteiger partial charge in [0.15, 0.2) is 0 Å². The number of pyridine rings is 1. The second-order valence-corrected chi connectivity index (χ2v) is 3.85. The molecule has 0 atom stereocenters. The summed E-state index contributed by atoms with van der Waals surface area (Å²) in [5, 5.41) is 0. The molecule has 0 amide bonds. The molecule has 0 aliphatic carbocycles. The smallest absolute Gasteiger partial charge is 0.240 e. The van der Waals surface area contributed by atoms with Crippen molar-refractivity contribution in [3.8, 4) is 11.8 Å². The largest absolute Gasteiger partial charge is 0.476 e. The summed E-state index contributed by atoms with van der Waals surface area (Å²) in [5.74, 6) is 0.898. The highest BCUT2D eigenvalue weighted by Crippen LogP contribution is 2.22. The molecular formula is C13H22N2O4. The molecule has 1 heterocycles. The second kappa shape index (κ2) is 9.41. The van der Waals surface area contributed by atoms with Gasteiger partial charge in [-0.2, -0.15) is 4.98 Å². The monoisotopic (exact) mass is 270 g/mol. The average Bonchev–Trinajstić information content (AvgIpc) is 2.43. The van der Waals surface area contributed by atoms with Crippen LogP contribution in [-0.4, -0.2) is 45.1 Å². The van der Waals surface area contributed by atoms with Crippen LogP contribution >= 0.6 is 0 Å². The number of methoxy groups -OCH3 is 1. The Morgan fingerprint density at radius 1 is 1.05 bits per heavy atom. The van der Waals surface area contributed by atoms with Gasteiger partial charge in [-0.1, -0.05) is 6.92 Å². The van der Waals surface area contributed by atoms with Crippen molar-refractivity contribution in [3.05, 3.63) is 12.1 Å². The van der Waals surface area contributed by atoms with Crippen LogP contribution in [0.4, 0.5) is 5.69 Å². The standard InChI is InChI=1S/C13H22N2O4/c1-3-6-19-13-11(14)4-5-12(15-13)18-10-9-17-8-7-16-2/h4-5H,3,6-10,14H2,1-2H3. The van der Waals surface area contributed by atoms with E-state index in [0.717, 1.165) is 6.42 Å². The number of ether oxygens (including phenoxy) is 4. The first kappa shape index (κ1) is 15.5. The highest BCUT2D eigenvalue weighted by atomic mass is 16.5. The van der Waals surface area contributed by atoms with E-state index in [4.69, 9.17) is 24.7 Å². The molecule has 0 saturated carbocycles. The number of hydrogen-bond donors (Lipinski definition) is 1. The van der Waals surface area contributed by atoms with Crippen LogP contribution in [0, 0.1) is 0 Å². The van der Waals surface area contributed by atoms with Gasteiger partial charge in [0, 0.05) is 13.2 Å². The topological polar surface area (TPSA) is 75.8 Å². The summed E-state index contributed by atoms with van der Waals surface area (Å²) in [6.45, 7) is 4.65. The lowest BCUT2D eigenvalue weighted by Gasteiger charge is -2.10. The van der Waals surface area contributed by atoms with Crippen molar-refractivity contribution in [3.63, 3.8) is 0 Å². The molecule has 1 rings (SSSR count). The van der Waals surface area contributed by atoms with Crippen LogP contribution in [0.15, 0.2) is 12.1 Å². The number of aromatic nitrogens is 1. The van der Waals surface area contributed by atoms with Crippen molar-refractivity contribution in [1.29, 1.82) is 0 Å². The van der Waals surface area contributed by atoms with Crippen LogP contribution in [0.5, 0.6) is 11.8 Å². The van der Waals surface area contributed by atoms with E-state index in [1.54, 1.807) is 19.2 Å². The van der Waals surface area contributed by atoms with Gasteiger partial charge in [0.2, 0.25) is 11.8 Å². The predicted octanol–water partition coefficient (Wildman–Crippen LogP) is 1.49. The highest BCUT2D eigenvalue weighted by molar-refractivity contribution is 5.49. The van der Waals surface area contributed by atoms with E-state index >= 15 is 0 Å². The number of rotatable bonds is 10. The normalized spacial score (nSPS) is 10.4. The summed E-state index contributed by atoms with van der Waals surface area (Å²) < 4.78 is 21.0. The van der Waals surface area contributed by atoms with E-state index in [1.165, 1.54) is 0 Å². The maximum absolute atomic E-state index is 5.76. The van der Waals surface area contributed by atoms with Gasteiger partial charge in [-0.15, -0.1) is 0 Å². The summed E-state index contributed by atoms with van der Waals surface area (Å²) in [5.41, 5.74) is 6.27. The quantitative estimate of drug-likeness (QED) is 0.649. The van der Waals surface area contributed by atoms with E-state index in [2.05, 4.69) is 4.98 Å². The van der Waals surface area contributed by atoms with Crippen molar-refractivity contribution in [2.75, 3.05) is 45.9 Å². The molecule has 1 aromatic heterocycles. The van der Waals surface area contributed by atoms with Gasteiger partial charge in [-0.25, -0.2) is 0 Å². The Kier molecular flexibility index (Phi) is 7.69. The molecular weight excluding hydrogens is 248 g/mol. The van der Waals surface area contributed by atoms with Crippen LogP contribution < -0.4 is 15.2 Å². The first-order valence-corrected chi connectivity index (χ1v) is 6.36. The molecule has 0 aliphatic rings. The molecule has 0 spiro atoms. The molecule has 0 unspecified atom stereocenters. The highest BCUT2D eigenvalue weighted by Gasteiger charge is 2.04. The Bertz CT molecular complexity index is 360. The summed E-state index contributed by atoms with van der Waals surface area (Å²) in [6, 6.07) is 3.43. The Labute approximate surface area is 113 Å². The minimum Gasteiger partial charge on any atom is -0.476 e. The zero-order valence-electron chi connectivity index (χ0n) is 11.6. The Balaban J connectivity index is 2.33. The summed E-state index contributed by atoms with van der Waals surface area (Å²) in [6.07, 6.45) is 0.902. The number of hydrogen-bond acceptors (Lipinski definition) is 6. The summed E-state index contributed by atoms with van der Waals surface area (Å²) in [4.78, 5) is 4.19. The van der Waals surface area contributed by atoms with Crippen LogP contribution in [0.1, 0.15) is 13.3 Å². The fourth-order valence-electron chi connectivity index (χ4n) is 1.28. The first-order valence-electron chi connectivity index (χ1n) is 6.36. The third kappa shape index (κ3) is 6.26. The molecule has 0 fully saturated rings. The SMILES string of the molecule is CCCOc1nc(OCCOCCOC)ccc1N. The van der Waals surface area contributed by atoms with E-state index in [-0.39, 0.29) is 0 Å². The first-order chi connectivity index (χ1) is 9.27. The van der Waals surface area contributed by atoms with Crippen molar-refractivity contribution in [1.82, 2.24) is 4.98 Å². The van der Waals surface area contributed by atoms with Gasteiger partial charge in [-0.3, -0.25) is 0 Å². The Morgan fingerprint density at radius 3 is 2.58 bits per heavy atom. The molecule has 6 heteroatoms. The Hall–Kier alpha value is -1.53. The van der Waals surface area contributed by atoms with Crippen LogP contribution in [0.3, 0.4) is 0 Å². The number of nitrogens with zero attached hydrogens (tertiary/aromatic N) is 1. The van der Waals surface area contributed by atoms with Gasteiger partial charge >= 0.3 is 0 Å². The van der Waals surface area contributed by atoms with Gasteiger partial charge in [0.05, 0.1) is 32.1 Å². The van der Waals surface area contributed by atoms with Gasteiger partial charge in [-0.05, 0) is 12.5 Å². The van der Waals surface area contributed by atoms with E-state index in [0.29, 0.717) is 50.5 Å². The molecule has 1 aromatic rings. The van der Waals surface area contributed by atoms with Crippen molar-refractivity contribution < 1.29 is 18.9 Å². The lowest BCUT2D eigenvalue weighted by molar-refractivity contribution is 0.0535. The summed E-state index contributed by atoms with van der Waals surface area (Å²) in [7, 11) is 1.63. The third-order valence-electron chi connectivity index (χ3n) is 2.22. The van der Waals surface area contributed by atoms with E-state index in [1.807, 2.05) is 6.92 Å². The molecule has 0 aromatic carbocycles. The molecule has 2 N–H and O–H groups in total.